The maximum Gasteiger partial charge on any atom is 0.0391 e. The summed E-state index contributed by atoms with van der Waals surface area (Å²) in [6, 6.07) is 0. The highest BCUT2D eigenvalue weighted by Gasteiger charge is 2.67. The van der Waals surface area contributed by atoms with Gasteiger partial charge in [0.05, 0.1) is 0 Å². The van der Waals surface area contributed by atoms with Crippen molar-refractivity contribution in [1.82, 2.24) is 0 Å². The molecule has 3 aliphatic rings. The van der Waals surface area contributed by atoms with E-state index in [0.717, 1.165) is 18.8 Å². The zero-order valence-electron chi connectivity index (χ0n) is 8.35. The Balaban J connectivity index is 2.37. The lowest BCUT2D eigenvalue weighted by atomic mass is 9.39. The van der Waals surface area contributed by atoms with Crippen molar-refractivity contribution in [3.05, 3.63) is 0 Å². The molecule has 3 rings (SSSR count). The molecule has 3 aliphatic carbocycles. The zero-order valence-corrected chi connectivity index (χ0v) is 8.35. The van der Waals surface area contributed by atoms with Gasteiger partial charge in [-0.2, -0.15) is 0 Å². The molecule has 0 aromatic rings. The predicted molar refractivity (Wildman–Crippen MR) is 50.6 cm³/mol. The maximum absolute atomic E-state index is 6.37. The lowest BCUT2D eigenvalue weighted by Crippen LogP contribution is -2.81. The lowest BCUT2D eigenvalue weighted by Gasteiger charge is -2.70. The van der Waals surface area contributed by atoms with Crippen molar-refractivity contribution in [2.75, 3.05) is 0 Å². The van der Waals surface area contributed by atoms with E-state index in [0.29, 0.717) is 0 Å². The summed E-state index contributed by atoms with van der Waals surface area (Å²) in [7, 11) is 0. The average molecular weight is 168 g/mol. The number of hydrogen-bond acceptors (Lipinski definition) is 2. The number of fused-ring (bicyclic) bond motifs is 2. The number of hydrogen-bond donors (Lipinski definition) is 2. The SMILES string of the molecule is CC1(N)CCC2CC1(N)C2(C)C. The van der Waals surface area contributed by atoms with Crippen molar-refractivity contribution in [2.24, 2.45) is 22.8 Å². The van der Waals surface area contributed by atoms with Crippen molar-refractivity contribution in [3.8, 4) is 0 Å². The van der Waals surface area contributed by atoms with Crippen molar-refractivity contribution < 1.29 is 0 Å². The molecule has 0 saturated heterocycles. The molecule has 0 radical (unpaired) electrons. The Morgan fingerprint density at radius 2 is 1.75 bits per heavy atom. The van der Waals surface area contributed by atoms with Gasteiger partial charge in [-0.25, -0.2) is 0 Å². The summed E-state index contributed by atoms with van der Waals surface area (Å²) in [4.78, 5) is 0. The van der Waals surface area contributed by atoms with Crippen LogP contribution < -0.4 is 11.5 Å². The molecule has 0 aromatic carbocycles. The summed E-state index contributed by atoms with van der Waals surface area (Å²) in [5.74, 6) is 0.819. The number of rotatable bonds is 0. The third kappa shape index (κ3) is 0.647. The molecule has 0 amide bonds. The molecule has 3 atom stereocenters. The fraction of sp³-hybridized carbons (Fsp3) is 1.00. The Morgan fingerprint density at radius 3 is 2.08 bits per heavy atom. The monoisotopic (exact) mass is 168 g/mol. The van der Waals surface area contributed by atoms with Crippen LogP contribution in [0.4, 0.5) is 0 Å². The van der Waals surface area contributed by atoms with Gasteiger partial charge in [-0.1, -0.05) is 13.8 Å². The van der Waals surface area contributed by atoms with Gasteiger partial charge in [-0.15, -0.1) is 0 Å². The standard InChI is InChI=1S/C10H20N2/c1-8(2)7-4-5-9(3,11)10(8,12)6-7/h7H,4-6,11-12H2,1-3H3. The normalized spacial score (nSPS) is 56.2. The van der Waals surface area contributed by atoms with Crippen molar-refractivity contribution in [2.45, 2.75) is 51.1 Å². The van der Waals surface area contributed by atoms with E-state index in [-0.39, 0.29) is 16.5 Å². The van der Waals surface area contributed by atoms with Crippen LogP contribution in [-0.2, 0) is 0 Å². The van der Waals surface area contributed by atoms with Gasteiger partial charge in [-0.05, 0) is 37.5 Å². The van der Waals surface area contributed by atoms with E-state index in [1.54, 1.807) is 0 Å². The van der Waals surface area contributed by atoms with E-state index in [4.69, 9.17) is 11.5 Å². The van der Waals surface area contributed by atoms with Crippen molar-refractivity contribution in [1.29, 1.82) is 0 Å². The Kier molecular flexibility index (Phi) is 1.33. The second-order valence-corrected chi connectivity index (χ2v) is 5.55. The molecule has 3 fully saturated rings. The fourth-order valence-corrected chi connectivity index (χ4v) is 3.27. The van der Waals surface area contributed by atoms with Gasteiger partial charge in [0.15, 0.2) is 0 Å². The second kappa shape index (κ2) is 1.88. The van der Waals surface area contributed by atoms with E-state index >= 15 is 0 Å². The minimum Gasteiger partial charge on any atom is -0.324 e. The summed E-state index contributed by atoms with van der Waals surface area (Å²) in [5, 5.41) is 0. The molecule has 0 spiro atoms. The van der Waals surface area contributed by atoms with E-state index < -0.39 is 0 Å². The van der Waals surface area contributed by atoms with Crippen LogP contribution in [0.15, 0.2) is 0 Å². The average Bonchev–Trinajstić information content (AvgIpc) is 1.94. The highest BCUT2D eigenvalue weighted by Crippen LogP contribution is 2.63. The molecule has 2 nitrogen and oxygen atoms in total. The molecule has 2 heteroatoms. The maximum atomic E-state index is 6.37. The minimum atomic E-state index is -0.148. The highest BCUT2D eigenvalue weighted by molar-refractivity contribution is 5.25. The molecule has 12 heavy (non-hydrogen) atoms. The predicted octanol–water partition coefficient (Wildman–Crippen LogP) is 1.24. The Labute approximate surface area is 74.7 Å². The first-order valence-electron chi connectivity index (χ1n) is 4.89. The van der Waals surface area contributed by atoms with Crippen LogP contribution in [0.2, 0.25) is 0 Å². The van der Waals surface area contributed by atoms with E-state index in [1.807, 2.05) is 0 Å². The van der Waals surface area contributed by atoms with Gasteiger partial charge in [0, 0.05) is 11.1 Å². The molecule has 70 valence electrons. The van der Waals surface area contributed by atoms with Crippen LogP contribution >= 0.6 is 0 Å². The molecular weight excluding hydrogens is 148 g/mol. The first-order chi connectivity index (χ1) is 5.31. The van der Waals surface area contributed by atoms with Crippen LogP contribution in [0.3, 0.4) is 0 Å². The van der Waals surface area contributed by atoms with Gasteiger partial charge >= 0.3 is 0 Å². The minimum absolute atomic E-state index is 0.108. The first kappa shape index (κ1) is 8.52. The molecule has 0 aliphatic heterocycles. The zero-order chi connectivity index (χ0) is 9.20. The smallest absolute Gasteiger partial charge is 0.0391 e. The molecule has 3 saturated carbocycles. The van der Waals surface area contributed by atoms with Gasteiger partial charge in [-0.3, -0.25) is 0 Å². The fourth-order valence-electron chi connectivity index (χ4n) is 3.27. The summed E-state index contributed by atoms with van der Waals surface area (Å²) in [5.41, 5.74) is 12.6. The topological polar surface area (TPSA) is 52.0 Å². The summed E-state index contributed by atoms with van der Waals surface area (Å²) in [6.07, 6.45) is 3.49. The Hall–Kier alpha value is -0.0800. The highest BCUT2D eigenvalue weighted by atomic mass is 15.0. The van der Waals surface area contributed by atoms with Gasteiger partial charge in [0.25, 0.3) is 0 Å². The molecule has 3 unspecified atom stereocenters. The van der Waals surface area contributed by atoms with Crippen molar-refractivity contribution >= 4 is 0 Å². The number of nitrogens with two attached hydrogens (primary N) is 2. The quantitative estimate of drug-likeness (QED) is 0.572. The third-order valence-corrected chi connectivity index (χ3v) is 4.77. The van der Waals surface area contributed by atoms with Crippen molar-refractivity contribution in [3.63, 3.8) is 0 Å². The van der Waals surface area contributed by atoms with Crippen LogP contribution in [0.25, 0.3) is 0 Å². The van der Waals surface area contributed by atoms with Gasteiger partial charge in [0.2, 0.25) is 0 Å². The summed E-state index contributed by atoms with van der Waals surface area (Å²) >= 11 is 0. The molecule has 4 N–H and O–H groups in total. The third-order valence-electron chi connectivity index (χ3n) is 4.77. The van der Waals surface area contributed by atoms with E-state index in [2.05, 4.69) is 20.8 Å². The lowest BCUT2D eigenvalue weighted by molar-refractivity contribution is -0.135. The van der Waals surface area contributed by atoms with Crippen LogP contribution in [-0.4, -0.2) is 11.1 Å². The molecular formula is C10H20N2. The van der Waals surface area contributed by atoms with E-state index in [1.165, 1.54) is 6.42 Å². The van der Waals surface area contributed by atoms with Crippen LogP contribution in [0, 0.1) is 11.3 Å². The molecule has 0 heterocycles. The summed E-state index contributed by atoms with van der Waals surface area (Å²) < 4.78 is 0. The summed E-state index contributed by atoms with van der Waals surface area (Å²) in [6.45, 7) is 6.65. The van der Waals surface area contributed by atoms with E-state index in [9.17, 15) is 0 Å². The van der Waals surface area contributed by atoms with Crippen LogP contribution in [0.1, 0.15) is 40.0 Å². The second-order valence-electron chi connectivity index (χ2n) is 5.55. The van der Waals surface area contributed by atoms with Gasteiger partial charge < -0.3 is 11.5 Å². The Morgan fingerprint density at radius 1 is 1.17 bits per heavy atom. The van der Waals surface area contributed by atoms with Gasteiger partial charge in [0.1, 0.15) is 0 Å². The molecule has 0 aromatic heterocycles. The van der Waals surface area contributed by atoms with Crippen LogP contribution in [0.5, 0.6) is 0 Å². The Bertz CT molecular complexity index is 210. The molecule has 2 bridgehead atoms. The largest absolute Gasteiger partial charge is 0.324 e. The first-order valence-corrected chi connectivity index (χ1v) is 4.89.